The molecule has 0 bridgehead atoms. The van der Waals surface area contributed by atoms with Gasteiger partial charge in [0.2, 0.25) is 6.10 Å². The minimum absolute atomic E-state index is 0.355. The molecule has 1 aromatic carbocycles. The molecular weight excluding hydrogens is 212 g/mol. The molecule has 0 aromatic heterocycles. The molecule has 2 N–H and O–H groups in total. The highest BCUT2D eigenvalue weighted by atomic mass is 16.5. The highest BCUT2D eigenvalue weighted by molar-refractivity contribution is 5.79. The highest BCUT2D eigenvalue weighted by Gasteiger charge is 2.22. The summed E-state index contributed by atoms with van der Waals surface area (Å²) >= 11 is 0. The van der Waals surface area contributed by atoms with Gasteiger partial charge in [0.15, 0.2) is 0 Å². The quantitative estimate of drug-likeness (QED) is 0.787. The summed E-state index contributed by atoms with van der Waals surface area (Å²) in [7, 11) is 0. The molecule has 1 atom stereocenters. The molecular formula is C11H12O5. The lowest BCUT2D eigenvalue weighted by Gasteiger charge is -2.13. The number of hydrogen-bond acceptors (Lipinski definition) is 3. The average molecular weight is 224 g/mol. The molecule has 1 rings (SSSR count). The molecule has 0 heterocycles. The second-order valence-electron chi connectivity index (χ2n) is 3.36. The first-order chi connectivity index (χ1) is 7.49. The van der Waals surface area contributed by atoms with Crippen LogP contribution in [-0.2, 0) is 9.59 Å². The Hall–Kier alpha value is -2.04. The van der Waals surface area contributed by atoms with Crippen LogP contribution in [0, 0.1) is 6.92 Å². The first-order valence-electron chi connectivity index (χ1n) is 4.67. The maximum atomic E-state index is 10.7. The fourth-order valence-corrected chi connectivity index (χ4v) is 1.19. The Morgan fingerprint density at radius 2 is 2.06 bits per heavy atom. The lowest BCUT2D eigenvalue weighted by atomic mass is 10.2. The molecule has 0 fully saturated rings. The Kier molecular flexibility index (Phi) is 3.88. The fourth-order valence-electron chi connectivity index (χ4n) is 1.19. The van der Waals surface area contributed by atoms with Gasteiger partial charge in [-0.25, -0.2) is 4.79 Å². The molecule has 0 spiro atoms. The van der Waals surface area contributed by atoms with Gasteiger partial charge in [0.1, 0.15) is 5.75 Å². The molecule has 0 saturated heterocycles. The topological polar surface area (TPSA) is 83.8 Å². The summed E-state index contributed by atoms with van der Waals surface area (Å²) in [6.45, 7) is 1.83. The fraction of sp³-hybridized carbons (Fsp3) is 0.273. The summed E-state index contributed by atoms with van der Waals surface area (Å²) in [5.41, 5.74) is 0.914. The van der Waals surface area contributed by atoms with Gasteiger partial charge in [-0.05, 0) is 24.6 Å². The largest absolute Gasteiger partial charge is 0.481 e. The predicted molar refractivity (Wildman–Crippen MR) is 55.5 cm³/mol. The van der Waals surface area contributed by atoms with Crippen molar-refractivity contribution in [3.8, 4) is 5.75 Å². The van der Waals surface area contributed by atoms with E-state index in [2.05, 4.69) is 0 Å². The van der Waals surface area contributed by atoms with Gasteiger partial charge in [0.25, 0.3) is 0 Å². The zero-order valence-corrected chi connectivity index (χ0v) is 8.71. The van der Waals surface area contributed by atoms with Crippen LogP contribution >= 0.6 is 0 Å². The molecule has 0 saturated carbocycles. The molecule has 0 amide bonds. The number of aryl methyl sites for hydroxylation is 1. The molecule has 0 aliphatic heterocycles. The second kappa shape index (κ2) is 5.16. The summed E-state index contributed by atoms with van der Waals surface area (Å²) < 4.78 is 5.09. The van der Waals surface area contributed by atoms with Gasteiger partial charge in [-0.15, -0.1) is 0 Å². The number of rotatable bonds is 5. The van der Waals surface area contributed by atoms with E-state index in [0.717, 1.165) is 5.56 Å². The van der Waals surface area contributed by atoms with Gasteiger partial charge < -0.3 is 14.9 Å². The molecule has 0 radical (unpaired) electrons. The molecule has 1 unspecified atom stereocenters. The third-order valence-electron chi connectivity index (χ3n) is 1.90. The van der Waals surface area contributed by atoms with E-state index in [4.69, 9.17) is 14.9 Å². The summed E-state index contributed by atoms with van der Waals surface area (Å²) in [4.78, 5) is 21.2. The standard InChI is InChI=1S/C11H12O5/c1-7-3-2-4-8(5-7)16-9(11(14)15)6-10(12)13/h2-5,9H,6H2,1H3,(H,12,13)(H,14,15). The number of carbonyl (C=O) groups is 2. The molecule has 5 heteroatoms. The van der Waals surface area contributed by atoms with E-state index in [1.165, 1.54) is 0 Å². The van der Waals surface area contributed by atoms with Crippen molar-refractivity contribution in [3.05, 3.63) is 29.8 Å². The Morgan fingerprint density at radius 3 is 2.56 bits per heavy atom. The third kappa shape index (κ3) is 3.61. The van der Waals surface area contributed by atoms with Crippen LogP contribution in [0.5, 0.6) is 5.75 Å². The van der Waals surface area contributed by atoms with E-state index in [0.29, 0.717) is 5.75 Å². The minimum atomic E-state index is -1.36. The third-order valence-corrected chi connectivity index (χ3v) is 1.90. The van der Waals surface area contributed by atoms with Crippen molar-refractivity contribution in [1.29, 1.82) is 0 Å². The zero-order valence-electron chi connectivity index (χ0n) is 8.71. The summed E-state index contributed by atoms with van der Waals surface area (Å²) in [5, 5.41) is 17.3. The van der Waals surface area contributed by atoms with E-state index in [1.807, 2.05) is 13.0 Å². The van der Waals surface area contributed by atoms with Gasteiger partial charge >= 0.3 is 11.9 Å². The molecule has 0 aliphatic carbocycles. The highest BCUT2D eigenvalue weighted by Crippen LogP contribution is 2.15. The minimum Gasteiger partial charge on any atom is -0.481 e. The van der Waals surface area contributed by atoms with Crippen molar-refractivity contribution in [2.75, 3.05) is 0 Å². The van der Waals surface area contributed by atoms with Gasteiger partial charge in [-0.2, -0.15) is 0 Å². The SMILES string of the molecule is Cc1cccc(OC(CC(=O)O)C(=O)O)c1. The lowest BCUT2D eigenvalue weighted by molar-refractivity contribution is -0.151. The van der Waals surface area contributed by atoms with E-state index < -0.39 is 24.5 Å². The molecule has 16 heavy (non-hydrogen) atoms. The van der Waals surface area contributed by atoms with E-state index >= 15 is 0 Å². The van der Waals surface area contributed by atoms with Crippen molar-refractivity contribution in [1.82, 2.24) is 0 Å². The van der Waals surface area contributed by atoms with Crippen LogP contribution in [0.2, 0.25) is 0 Å². The number of benzene rings is 1. The Balaban J connectivity index is 2.75. The number of aliphatic carboxylic acids is 2. The van der Waals surface area contributed by atoms with E-state index in [9.17, 15) is 9.59 Å². The Bertz CT molecular complexity index is 399. The Labute approximate surface area is 92.3 Å². The number of carboxylic acids is 2. The van der Waals surface area contributed by atoms with Crippen LogP contribution in [0.15, 0.2) is 24.3 Å². The first kappa shape index (κ1) is 12.0. The number of hydrogen-bond donors (Lipinski definition) is 2. The van der Waals surface area contributed by atoms with Crippen LogP contribution in [-0.4, -0.2) is 28.3 Å². The van der Waals surface area contributed by atoms with Crippen LogP contribution in [0.3, 0.4) is 0 Å². The lowest BCUT2D eigenvalue weighted by Crippen LogP contribution is -2.29. The van der Waals surface area contributed by atoms with Gasteiger partial charge in [-0.3, -0.25) is 4.79 Å². The van der Waals surface area contributed by atoms with E-state index in [-0.39, 0.29) is 0 Å². The molecule has 1 aromatic rings. The van der Waals surface area contributed by atoms with Gasteiger partial charge in [0, 0.05) is 0 Å². The summed E-state index contributed by atoms with van der Waals surface area (Å²) in [6.07, 6.45) is -1.93. The molecule has 0 aliphatic rings. The van der Waals surface area contributed by atoms with Gasteiger partial charge in [-0.1, -0.05) is 12.1 Å². The van der Waals surface area contributed by atoms with Crippen molar-refractivity contribution >= 4 is 11.9 Å². The number of ether oxygens (including phenoxy) is 1. The van der Waals surface area contributed by atoms with Gasteiger partial charge in [0.05, 0.1) is 6.42 Å². The zero-order chi connectivity index (χ0) is 12.1. The van der Waals surface area contributed by atoms with Crippen LogP contribution in [0.1, 0.15) is 12.0 Å². The van der Waals surface area contributed by atoms with Crippen LogP contribution in [0.4, 0.5) is 0 Å². The van der Waals surface area contributed by atoms with Crippen molar-refractivity contribution in [2.45, 2.75) is 19.4 Å². The smallest absolute Gasteiger partial charge is 0.345 e. The van der Waals surface area contributed by atoms with Crippen molar-refractivity contribution < 1.29 is 24.5 Å². The maximum absolute atomic E-state index is 10.7. The Morgan fingerprint density at radius 1 is 1.38 bits per heavy atom. The predicted octanol–water partition coefficient (Wildman–Crippen LogP) is 1.30. The van der Waals surface area contributed by atoms with Crippen molar-refractivity contribution in [2.24, 2.45) is 0 Å². The average Bonchev–Trinajstić information content (AvgIpc) is 2.15. The second-order valence-corrected chi connectivity index (χ2v) is 3.36. The van der Waals surface area contributed by atoms with Crippen molar-refractivity contribution in [3.63, 3.8) is 0 Å². The molecule has 5 nitrogen and oxygen atoms in total. The monoisotopic (exact) mass is 224 g/mol. The van der Waals surface area contributed by atoms with E-state index in [1.54, 1.807) is 18.2 Å². The van der Waals surface area contributed by atoms with Crippen LogP contribution < -0.4 is 4.74 Å². The van der Waals surface area contributed by atoms with Crippen LogP contribution in [0.25, 0.3) is 0 Å². The normalized spacial score (nSPS) is 11.8. The number of carboxylic acid groups (broad SMARTS) is 2. The first-order valence-corrected chi connectivity index (χ1v) is 4.67. The molecule has 86 valence electrons. The summed E-state index contributed by atoms with van der Waals surface area (Å²) in [6, 6.07) is 6.78. The maximum Gasteiger partial charge on any atom is 0.345 e. The summed E-state index contributed by atoms with van der Waals surface area (Å²) in [5.74, 6) is -2.14.